The average Bonchev–Trinajstić information content (AvgIpc) is 2.15. The van der Waals surface area contributed by atoms with Gasteiger partial charge in [0, 0.05) is 6.04 Å². The van der Waals surface area contributed by atoms with E-state index in [2.05, 4.69) is 0 Å². The molecular formula is C10H12F3NO2S. The van der Waals surface area contributed by atoms with E-state index in [9.17, 15) is 21.6 Å². The predicted molar refractivity (Wildman–Crippen MR) is 57.0 cm³/mol. The Morgan fingerprint density at radius 1 is 1.29 bits per heavy atom. The maximum Gasteiger partial charge on any atom is 0.501 e. The van der Waals surface area contributed by atoms with Crippen LogP contribution >= 0.6 is 0 Å². The van der Waals surface area contributed by atoms with E-state index in [4.69, 9.17) is 5.73 Å². The Labute approximate surface area is 97.4 Å². The second kappa shape index (κ2) is 4.30. The fourth-order valence-electron chi connectivity index (χ4n) is 1.54. The highest BCUT2D eigenvalue weighted by Gasteiger charge is 2.47. The lowest BCUT2D eigenvalue weighted by Crippen LogP contribution is -2.24. The number of sulfone groups is 1. The highest BCUT2D eigenvalue weighted by molar-refractivity contribution is 7.92. The molecule has 7 heteroatoms. The topological polar surface area (TPSA) is 60.2 Å². The largest absolute Gasteiger partial charge is 0.501 e. The van der Waals surface area contributed by atoms with Gasteiger partial charge in [-0.3, -0.25) is 0 Å². The first-order valence-electron chi connectivity index (χ1n) is 4.75. The Morgan fingerprint density at radius 3 is 2.24 bits per heavy atom. The summed E-state index contributed by atoms with van der Waals surface area (Å²) in [6.07, 6.45) is 0. The number of alkyl halides is 3. The van der Waals surface area contributed by atoms with E-state index in [1.54, 1.807) is 6.92 Å². The van der Waals surface area contributed by atoms with Gasteiger partial charge < -0.3 is 5.73 Å². The van der Waals surface area contributed by atoms with Crippen LogP contribution in [-0.2, 0) is 9.84 Å². The summed E-state index contributed by atoms with van der Waals surface area (Å²) in [6.45, 7) is 2.89. The van der Waals surface area contributed by atoms with Crippen molar-refractivity contribution < 1.29 is 21.6 Å². The molecule has 0 heterocycles. The molecule has 0 fully saturated rings. The zero-order valence-electron chi connectivity index (χ0n) is 9.25. The fourth-order valence-corrected chi connectivity index (χ4v) is 2.57. The molecule has 3 nitrogen and oxygen atoms in total. The predicted octanol–water partition coefficient (Wildman–Crippen LogP) is 2.31. The van der Waals surface area contributed by atoms with Crippen LogP contribution in [0.15, 0.2) is 23.1 Å². The first-order chi connectivity index (χ1) is 7.59. The number of rotatable bonds is 2. The van der Waals surface area contributed by atoms with Crippen molar-refractivity contribution in [2.75, 3.05) is 0 Å². The Kier molecular flexibility index (Phi) is 3.54. The molecule has 1 rings (SSSR count). The van der Waals surface area contributed by atoms with Crippen LogP contribution in [0.25, 0.3) is 0 Å². The second-order valence-electron chi connectivity index (χ2n) is 3.71. The molecule has 0 aromatic heterocycles. The van der Waals surface area contributed by atoms with Gasteiger partial charge in [0.05, 0.1) is 4.90 Å². The molecule has 96 valence electrons. The van der Waals surface area contributed by atoms with E-state index in [0.717, 1.165) is 6.07 Å². The maximum atomic E-state index is 12.4. The Hall–Kier alpha value is -1.08. The summed E-state index contributed by atoms with van der Waals surface area (Å²) in [5, 5.41) is 0. The van der Waals surface area contributed by atoms with Crippen molar-refractivity contribution >= 4 is 9.84 Å². The lowest BCUT2D eigenvalue weighted by Gasteiger charge is -2.15. The summed E-state index contributed by atoms with van der Waals surface area (Å²) >= 11 is 0. The van der Waals surface area contributed by atoms with Gasteiger partial charge in [0.15, 0.2) is 0 Å². The summed E-state index contributed by atoms with van der Waals surface area (Å²) in [5.74, 6) is 0. The van der Waals surface area contributed by atoms with Crippen LogP contribution in [0.4, 0.5) is 13.2 Å². The first kappa shape index (κ1) is 14.0. The molecule has 0 saturated carbocycles. The van der Waals surface area contributed by atoms with Gasteiger partial charge in [-0.1, -0.05) is 12.1 Å². The van der Waals surface area contributed by atoms with Crippen LogP contribution in [0.3, 0.4) is 0 Å². The third kappa shape index (κ3) is 2.44. The van der Waals surface area contributed by atoms with Gasteiger partial charge in [-0.2, -0.15) is 13.2 Å². The van der Waals surface area contributed by atoms with E-state index < -0.39 is 26.3 Å². The summed E-state index contributed by atoms with van der Waals surface area (Å²) in [5.41, 5.74) is 0.688. The molecule has 1 aromatic carbocycles. The van der Waals surface area contributed by atoms with Gasteiger partial charge >= 0.3 is 5.51 Å². The molecular weight excluding hydrogens is 255 g/mol. The third-order valence-electron chi connectivity index (χ3n) is 2.41. The molecule has 0 bridgehead atoms. The van der Waals surface area contributed by atoms with E-state index in [1.807, 2.05) is 0 Å². The third-order valence-corrected chi connectivity index (χ3v) is 4.04. The van der Waals surface area contributed by atoms with Crippen LogP contribution < -0.4 is 5.73 Å². The van der Waals surface area contributed by atoms with Gasteiger partial charge in [-0.25, -0.2) is 8.42 Å². The molecule has 0 amide bonds. The SMILES string of the molecule is Cc1c([C@@H](C)N)cccc1S(=O)(=O)C(F)(F)F. The summed E-state index contributed by atoms with van der Waals surface area (Å²) < 4.78 is 59.8. The van der Waals surface area contributed by atoms with Crippen molar-refractivity contribution in [2.45, 2.75) is 30.3 Å². The Balaban J connectivity index is 3.50. The minimum atomic E-state index is -5.32. The van der Waals surface area contributed by atoms with Crippen molar-refractivity contribution in [3.05, 3.63) is 29.3 Å². The van der Waals surface area contributed by atoms with Gasteiger partial charge in [0.25, 0.3) is 9.84 Å². The van der Waals surface area contributed by atoms with E-state index >= 15 is 0 Å². The standard InChI is InChI=1S/C10H12F3NO2S/c1-6-8(7(2)14)4-3-5-9(6)17(15,16)10(11,12)13/h3-5,7H,14H2,1-2H3/t7-/m1/s1. The zero-order valence-corrected chi connectivity index (χ0v) is 10.1. The summed E-state index contributed by atoms with van der Waals surface area (Å²) in [7, 11) is -5.32. The molecule has 0 saturated heterocycles. The molecule has 1 atom stereocenters. The van der Waals surface area contributed by atoms with Crippen molar-refractivity contribution in [1.82, 2.24) is 0 Å². The number of nitrogens with two attached hydrogens (primary N) is 1. The summed E-state index contributed by atoms with van der Waals surface area (Å²) in [6, 6.07) is 3.17. The number of halogens is 3. The van der Waals surface area contributed by atoms with Crippen molar-refractivity contribution in [1.29, 1.82) is 0 Å². The second-order valence-corrected chi connectivity index (χ2v) is 5.62. The van der Waals surface area contributed by atoms with Crippen LogP contribution in [-0.4, -0.2) is 13.9 Å². The molecule has 0 unspecified atom stereocenters. The fraction of sp³-hybridized carbons (Fsp3) is 0.400. The van der Waals surface area contributed by atoms with Crippen molar-refractivity contribution in [3.8, 4) is 0 Å². The molecule has 0 spiro atoms. The van der Waals surface area contributed by atoms with Gasteiger partial charge in [0.1, 0.15) is 0 Å². The first-order valence-corrected chi connectivity index (χ1v) is 6.24. The van der Waals surface area contributed by atoms with Crippen LogP contribution in [0.2, 0.25) is 0 Å². The molecule has 1 aromatic rings. The van der Waals surface area contributed by atoms with Crippen molar-refractivity contribution in [2.24, 2.45) is 5.73 Å². The number of hydrogen-bond acceptors (Lipinski definition) is 3. The lowest BCUT2D eigenvalue weighted by molar-refractivity contribution is -0.0436. The molecule has 0 radical (unpaired) electrons. The maximum absolute atomic E-state index is 12.4. The van der Waals surface area contributed by atoms with Gasteiger partial charge in [-0.15, -0.1) is 0 Å². The Bertz CT molecular complexity index is 521. The van der Waals surface area contributed by atoms with E-state index in [1.165, 1.54) is 19.1 Å². The minimum Gasteiger partial charge on any atom is -0.324 e. The highest BCUT2D eigenvalue weighted by atomic mass is 32.2. The monoisotopic (exact) mass is 267 g/mol. The Morgan fingerprint density at radius 2 is 1.82 bits per heavy atom. The van der Waals surface area contributed by atoms with Gasteiger partial charge in [0.2, 0.25) is 0 Å². The molecule has 2 N–H and O–H groups in total. The highest BCUT2D eigenvalue weighted by Crippen LogP contribution is 2.33. The van der Waals surface area contributed by atoms with E-state index in [0.29, 0.717) is 5.56 Å². The van der Waals surface area contributed by atoms with Crippen LogP contribution in [0.1, 0.15) is 24.1 Å². The molecule has 17 heavy (non-hydrogen) atoms. The van der Waals surface area contributed by atoms with Crippen LogP contribution in [0, 0.1) is 6.92 Å². The number of hydrogen-bond donors (Lipinski definition) is 1. The smallest absolute Gasteiger partial charge is 0.324 e. The lowest BCUT2D eigenvalue weighted by atomic mass is 10.0. The quantitative estimate of drug-likeness (QED) is 0.894. The van der Waals surface area contributed by atoms with Crippen molar-refractivity contribution in [3.63, 3.8) is 0 Å². The summed E-state index contributed by atoms with van der Waals surface area (Å²) in [4.78, 5) is -0.736. The minimum absolute atomic E-state index is 0.0415. The average molecular weight is 267 g/mol. The normalized spacial score (nSPS) is 14.7. The molecule has 0 aliphatic heterocycles. The number of benzene rings is 1. The molecule has 0 aliphatic carbocycles. The molecule has 0 aliphatic rings. The zero-order chi connectivity index (χ0) is 13.4. The van der Waals surface area contributed by atoms with Crippen LogP contribution in [0.5, 0.6) is 0 Å². The van der Waals surface area contributed by atoms with Gasteiger partial charge in [-0.05, 0) is 31.0 Å². The van der Waals surface area contributed by atoms with E-state index in [-0.39, 0.29) is 5.56 Å².